The van der Waals surface area contributed by atoms with Gasteiger partial charge in [-0.1, -0.05) is 39.0 Å². The molecule has 0 aliphatic carbocycles. The molecule has 0 saturated carbocycles. The molecule has 1 unspecified atom stereocenters. The lowest BCUT2D eigenvalue weighted by atomic mass is 9.87. The summed E-state index contributed by atoms with van der Waals surface area (Å²) >= 11 is 0. The highest BCUT2D eigenvalue weighted by atomic mass is 32.2. The van der Waals surface area contributed by atoms with Crippen LogP contribution in [-0.2, 0) is 20.2 Å². The zero-order valence-corrected chi connectivity index (χ0v) is 20.3. The molecule has 8 heteroatoms. The first-order chi connectivity index (χ1) is 16.0. The number of nitrogens with one attached hydrogen (secondary N) is 1. The molecule has 0 radical (unpaired) electrons. The molecule has 1 aliphatic heterocycles. The van der Waals surface area contributed by atoms with E-state index in [1.54, 1.807) is 49.4 Å². The van der Waals surface area contributed by atoms with Crippen LogP contribution in [0.3, 0.4) is 0 Å². The summed E-state index contributed by atoms with van der Waals surface area (Å²) in [6.07, 6.45) is 4.99. The van der Waals surface area contributed by atoms with E-state index in [9.17, 15) is 13.2 Å². The van der Waals surface area contributed by atoms with Crippen LogP contribution in [0.5, 0.6) is 5.75 Å². The molecule has 0 fully saturated rings. The van der Waals surface area contributed by atoms with Crippen molar-refractivity contribution < 1.29 is 27.1 Å². The fraction of sp³-hybridized carbons (Fsp3) is 0.269. The first-order valence-corrected chi connectivity index (χ1v) is 12.3. The van der Waals surface area contributed by atoms with Gasteiger partial charge in [0.15, 0.2) is 5.60 Å². The van der Waals surface area contributed by atoms with Crippen LogP contribution >= 0.6 is 0 Å². The number of hydrogen-bond acceptors (Lipinski definition) is 6. The van der Waals surface area contributed by atoms with Gasteiger partial charge >= 0.3 is 5.97 Å². The smallest absolute Gasteiger partial charge is 0.374 e. The Morgan fingerprint density at radius 2 is 1.82 bits per heavy atom. The van der Waals surface area contributed by atoms with E-state index < -0.39 is 21.6 Å². The maximum absolute atomic E-state index is 12.9. The number of carbonyl (C=O) groups is 1. The van der Waals surface area contributed by atoms with Gasteiger partial charge in [0, 0.05) is 11.3 Å². The molecule has 2 aromatic carbocycles. The molecule has 0 bridgehead atoms. The third kappa shape index (κ3) is 5.17. The van der Waals surface area contributed by atoms with E-state index in [2.05, 4.69) is 25.5 Å². The van der Waals surface area contributed by atoms with Gasteiger partial charge in [0.2, 0.25) is 5.76 Å². The minimum atomic E-state index is -3.75. The van der Waals surface area contributed by atoms with Crippen LogP contribution in [0.15, 0.2) is 76.2 Å². The van der Waals surface area contributed by atoms with Crippen molar-refractivity contribution in [2.45, 2.75) is 43.6 Å². The van der Waals surface area contributed by atoms with E-state index in [0.29, 0.717) is 17.0 Å². The molecular formula is C26H27NO6S. The topological polar surface area (TPSA) is 94.8 Å². The second kappa shape index (κ2) is 8.68. The van der Waals surface area contributed by atoms with Crippen molar-refractivity contribution in [1.82, 2.24) is 0 Å². The van der Waals surface area contributed by atoms with Crippen LogP contribution in [0.2, 0.25) is 0 Å². The highest BCUT2D eigenvalue weighted by Crippen LogP contribution is 2.34. The predicted molar refractivity (Wildman–Crippen MR) is 129 cm³/mol. The number of ether oxygens (including phenoxy) is 2. The summed E-state index contributed by atoms with van der Waals surface area (Å²) in [5.74, 6) is 0.0968. The highest BCUT2D eigenvalue weighted by Gasteiger charge is 2.30. The fourth-order valence-electron chi connectivity index (χ4n) is 3.49. The molecule has 7 nitrogen and oxygen atoms in total. The molecule has 2 heterocycles. The first-order valence-electron chi connectivity index (χ1n) is 10.8. The second-order valence-electron chi connectivity index (χ2n) is 9.43. The van der Waals surface area contributed by atoms with Crippen molar-refractivity contribution in [2.24, 2.45) is 0 Å². The molecular weight excluding hydrogens is 454 g/mol. The average Bonchev–Trinajstić information content (AvgIpc) is 3.32. The van der Waals surface area contributed by atoms with E-state index in [0.717, 1.165) is 5.56 Å². The van der Waals surface area contributed by atoms with Crippen LogP contribution in [0.1, 0.15) is 49.4 Å². The maximum Gasteiger partial charge on any atom is 0.374 e. The highest BCUT2D eigenvalue weighted by molar-refractivity contribution is 7.92. The molecule has 1 aromatic heterocycles. The van der Waals surface area contributed by atoms with Crippen LogP contribution in [0.4, 0.5) is 5.69 Å². The Labute approximate surface area is 199 Å². The van der Waals surface area contributed by atoms with Gasteiger partial charge in [-0.2, -0.15) is 0 Å². The molecule has 0 saturated heterocycles. The van der Waals surface area contributed by atoms with Crippen molar-refractivity contribution >= 4 is 27.8 Å². The summed E-state index contributed by atoms with van der Waals surface area (Å²) in [6.45, 7) is 8.00. The maximum atomic E-state index is 12.9. The van der Waals surface area contributed by atoms with Crippen LogP contribution < -0.4 is 9.46 Å². The summed E-state index contributed by atoms with van der Waals surface area (Å²) in [6, 6.07) is 15.0. The van der Waals surface area contributed by atoms with Crippen LogP contribution in [0, 0.1) is 0 Å². The molecule has 0 amide bonds. The van der Waals surface area contributed by atoms with Crippen LogP contribution in [-0.4, -0.2) is 26.6 Å². The number of esters is 1. The monoisotopic (exact) mass is 481 g/mol. The SMILES string of the molecule is CC1(COC(=O)c2ccco2)C=Cc2cc(NS(=O)(=O)c3ccc(C(C)(C)C)cc3)ccc2O1. The average molecular weight is 482 g/mol. The fourth-order valence-corrected chi connectivity index (χ4v) is 4.54. The molecule has 34 heavy (non-hydrogen) atoms. The van der Waals surface area contributed by atoms with Crippen molar-refractivity contribution in [2.75, 3.05) is 11.3 Å². The number of hydrogen-bond donors (Lipinski definition) is 1. The minimum Gasteiger partial charge on any atom is -0.479 e. The van der Waals surface area contributed by atoms with E-state index in [1.807, 2.05) is 18.2 Å². The third-order valence-electron chi connectivity index (χ3n) is 5.46. The number of fused-ring (bicyclic) bond motifs is 1. The van der Waals surface area contributed by atoms with Crippen molar-refractivity contribution in [1.29, 1.82) is 0 Å². The summed E-state index contributed by atoms with van der Waals surface area (Å²) in [5.41, 5.74) is 1.25. The third-order valence-corrected chi connectivity index (χ3v) is 6.86. The lowest BCUT2D eigenvalue weighted by Crippen LogP contribution is -2.38. The van der Waals surface area contributed by atoms with Crippen LogP contribution in [0.25, 0.3) is 6.08 Å². The lowest BCUT2D eigenvalue weighted by molar-refractivity contribution is 0.0113. The Kier molecular flexibility index (Phi) is 6.03. The van der Waals surface area contributed by atoms with Gasteiger partial charge in [-0.25, -0.2) is 13.2 Å². The molecule has 4 rings (SSSR count). The largest absolute Gasteiger partial charge is 0.479 e. The minimum absolute atomic E-state index is 0.0125. The molecule has 3 aromatic rings. The van der Waals surface area contributed by atoms with Crippen molar-refractivity contribution in [3.63, 3.8) is 0 Å². The summed E-state index contributed by atoms with van der Waals surface area (Å²) in [7, 11) is -3.75. The Hall–Kier alpha value is -3.52. The number of carbonyl (C=O) groups excluding carboxylic acids is 1. The standard InChI is InChI=1S/C26H27NO6S/c1-25(2,3)19-7-10-21(11-8-19)34(29,30)27-20-9-12-22-18(16-20)13-14-26(4,33-22)17-32-24(28)23-6-5-15-31-23/h5-16,27H,17H2,1-4H3. The Morgan fingerprint density at radius 3 is 2.47 bits per heavy atom. The Morgan fingerprint density at radius 1 is 1.09 bits per heavy atom. The molecule has 1 atom stereocenters. The zero-order chi connectivity index (χ0) is 24.6. The number of sulfonamides is 1. The van der Waals surface area contributed by atoms with Gasteiger partial charge in [0.25, 0.3) is 10.0 Å². The van der Waals surface area contributed by atoms with E-state index in [4.69, 9.17) is 13.9 Å². The number of benzene rings is 2. The molecule has 178 valence electrons. The van der Waals surface area contributed by atoms with E-state index in [1.165, 1.54) is 12.3 Å². The number of anilines is 1. The Balaban J connectivity index is 1.45. The number of furan rings is 1. The Bertz CT molecular complexity index is 1320. The van der Waals surface area contributed by atoms with Gasteiger partial charge in [0.05, 0.1) is 11.2 Å². The zero-order valence-electron chi connectivity index (χ0n) is 19.5. The van der Waals surface area contributed by atoms with Crippen molar-refractivity contribution in [3.8, 4) is 5.75 Å². The predicted octanol–water partition coefficient (Wildman–Crippen LogP) is 5.40. The van der Waals surface area contributed by atoms with Gasteiger partial charge in [-0.05, 0) is 66.4 Å². The van der Waals surface area contributed by atoms with Gasteiger partial charge in [-0.3, -0.25) is 4.72 Å². The summed E-state index contributed by atoms with van der Waals surface area (Å²) < 4.78 is 44.7. The van der Waals surface area contributed by atoms with E-state index in [-0.39, 0.29) is 22.7 Å². The second-order valence-corrected chi connectivity index (χ2v) is 11.1. The number of rotatable bonds is 6. The normalized spacial score (nSPS) is 17.5. The van der Waals surface area contributed by atoms with Gasteiger partial charge < -0.3 is 13.9 Å². The van der Waals surface area contributed by atoms with Gasteiger partial charge in [-0.15, -0.1) is 0 Å². The molecule has 1 N–H and O–H groups in total. The first kappa shape index (κ1) is 23.6. The van der Waals surface area contributed by atoms with E-state index >= 15 is 0 Å². The quantitative estimate of drug-likeness (QED) is 0.474. The molecule has 0 spiro atoms. The summed E-state index contributed by atoms with van der Waals surface area (Å²) in [5, 5.41) is 0. The van der Waals surface area contributed by atoms with Gasteiger partial charge in [0.1, 0.15) is 12.4 Å². The summed E-state index contributed by atoms with van der Waals surface area (Å²) in [4.78, 5) is 12.2. The molecule has 1 aliphatic rings. The van der Waals surface area contributed by atoms with Crippen molar-refractivity contribution in [3.05, 3.63) is 83.8 Å². The lowest BCUT2D eigenvalue weighted by Gasteiger charge is -2.31.